The molecule has 0 N–H and O–H groups in total. The fourth-order valence-corrected chi connectivity index (χ4v) is 2.40. The maximum absolute atomic E-state index is 12.5. The summed E-state index contributed by atoms with van der Waals surface area (Å²) in [5.41, 5.74) is -3.30. The molecule has 0 aromatic carbocycles. The van der Waals surface area contributed by atoms with Crippen molar-refractivity contribution in [3.05, 3.63) is 35.1 Å². The Morgan fingerprint density at radius 2 is 1.56 bits per heavy atom. The highest BCUT2D eigenvalue weighted by Crippen LogP contribution is 2.28. The predicted octanol–water partition coefficient (Wildman–Crippen LogP) is 5.16. The van der Waals surface area contributed by atoms with Crippen LogP contribution in [-0.2, 0) is 23.8 Å². The highest BCUT2D eigenvalue weighted by molar-refractivity contribution is 7.87. The molecule has 0 amide bonds. The van der Waals surface area contributed by atoms with Crippen molar-refractivity contribution in [1.82, 2.24) is 0 Å². The third-order valence-electron chi connectivity index (χ3n) is 3.54. The number of ether oxygens (including phenoxy) is 1. The second kappa shape index (κ2) is 11.8. The molecule has 0 aromatic heterocycles. The molecule has 5 nitrogen and oxygen atoms in total. The molecule has 0 bridgehead atoms. The molecule has 27 heavy (non-hydrogen) atoms. The first kappa shape index (κ1) is 25.2. The van der Waals surface area contributed by atoms with Gasteiger partial charge in [-0.05, 0) is 46.5 Å². The largest absolute Gasteiger partial charge is 0.534 e. The van der Waals surface area contributed by atoms with Crippen LogP contribution in [0.5, 0.6) is 0 Å². The third kappa shape index (κ3) is 10.8. The number of hydrogen-bond donors (Lipinski definition) is 0. The lowest BCUT2D eigenvalue weighted by atomic mass is 10.1. The first-order chi connectivity index (χ1) is 12.4. The lowest BCUT2D eigenvalue weighted by Gasteiger charge is -2.12. The van der Waals surface area contributed by atoms with E-state index >= 15 is 0 Å². The van der Waals surface area contributed by atoms with E-state index in [-0.39, 0.29) is 19.4 Å². The van der Waals surface area contributed by atoms with Crippen LogP contribution in [0.4, 0.5) is 13.2 Å². The number of halogens is 3. The second-order valence-electron chi connectivity index (χ2n) is 5.88. The van der Waals surface area contributed by atoms with Crippen molar-refractivity contribution in [3.8, 4) is 0 Å². The Kier molecular flexibility index (Phi) is 11.1. The van der Waals surface area contributed by atoms with Gasteiger partial charge in [0.15, 0.2) is 0 Å². The lowest BCUT2D eigenvalue weighted by molar-refractivity contribution is -0.137. The van der Waals surface area contributed by atoms with Gasteiger partial charge in [0.2, 0.25) is 0 Å². The normalized spacial score (nSPS) is 14.3. The Labute approximate surface area is 159 Å². The van der Waals surface area contributed by atoms with Gasteiger partial charge < -0.3 is 8.92 Å². The molecule has 0 unspecified atom stereocenters. The van der Waals surface area contributed by atoms with E-state index < -0.39 is 27.4 Å². The smallest absolute Gasteiger partial charge is 0.463 e. The SMILES string of the molecule is CCOC(=O)/C=C(/CC/C=C(\C)CC/C=C(\C)CC)OS(=O)(=O)C(F)(F)F. The van der Waals surface area contributed by atoms with Crippen molar-refractivity contribution in [2.24, 2.45) is 0 Å². The van der Waals surface area contributed by atoms with E-state index in [0.29, 0.717) is 6.08 Å². The van der Waals surface area contributed by atoms with Crippen molar-refractivity contribution in [3.63, 3.8) is 0 Å². The van der Waals surface area contributed by atoms with Gasteiger partial charge in [-0.1, -0.05) is 30.2 Å². The topological polar surface area (TPSA) is 69.7 Å². The van der Waals surface area contributed by atoms with Crippen LogP contribution in [0, 0.1) is 0 Å². The molecule has 0 aromatic rings. The monoisotopic (exact) mass is 412 g/mol. The minimum atomic E-state index is -5.84. The molecule has 9 heteroatoms. The first-order valence-corrected chi connectivity index (χ1v) is 10.0. The summed E-state index contributed by atoms with van der Waals surface area (Å²) in [5.74, 6) is -1.58. The van der Waals surface area contributed by atoms with Crippen LogP contribution in [0.15, 0.2) is 35.1 Å². The van der Waals surface area contributed by atoms with E-state index in [4.69, 9.17) is 0 Å². The van der Waals surface area contributed by atoms with Crippen LogP contribution in [0.2, 0.25) is 0 Å². The standard InChI is InChI=1S/C18H27F3O5S/c1-5-14(3)9-7-10-15(4)11-8-12-16(13-17(22)25-6-2)26-27(23,24)18(19,20)21/h9,11,13H,5-8,10,12H2,1-4H3/b14-9+,15-11+,16-13-. The molecular formula is C18H27F3O5S. The Bertz CT molecular complexity index is 674. The summed E-state index contributed by atoms with van der Waals surface area (Å²) in [6.45, 7) is 7.47. The third-order valence-corrected chi connectivity index (χ3v) is 4.54. The molecule has 0 atom stereocenters. The second-order valence-corrected chi connectivity index (χ2v) is 7.42. The van der Waals surface area contributed by atoms with Crippen LogP contribution in [0.3, 0.4) is 0 Å². The maximum Gasteiger partial charge on any atom is 0.534 e. The maximum atomic E-state index is 12.5. The van der Waals surface area contributed by atoms with E-state index in [1.165, 1.54) is 12.5 Å². The lowest BCUT2D eigenvalue weighted by Crippen LogP contribution is -2.25. The molecule has 156 valence electrons. The van der Waals surface area contributed by atoms with Crippen LogP contribution in [0.25, 0.3) is 0 Å². The molecule has 0 saturated heterocycles. The zero-order chi connectivity index (χ0) is 21.1. The predicted molar refractivity (Wildman–Crippen MR) is 97.0 cm³/mol. The van der Waals surface area contributed by atoms with Crippen LogP contribution in [0.1, 0.15) is 59.8 Å². The van der Waals surface area contributed by atoms with Crippen LogP contribution in [-0.4, -0.2) is 26.5 Å². The highest BCUT2D eigenvalue weighted by Gasteiger charge is 2.48. The Balaban J connectivity index is 5.02. The van der Waals surface area contributed by atoms with Gasteiger partial charge in [0, 0.05) is 6.42 Å². The average Bonchev–Trinajstić information content (AvgIpc) is 2.53. The number of rotatable bonds is 11. The summed E-state index contributed by atoms with van der Waals surface area (Å²) in [5, 5.41) is 0. The zero-order valence-corrected chi connectivity index (χ0v) is 16.9. The molecule has 0 aliphatic heterocycles. The Morgan fingerprint density at radius 3 is 2.07 bits per heavy atom. The molecule has 0 radical (unpaired) electrons. The van der Waals surface area contributed by atoms with Gasteiger partial charge in [-0.15, -0.1) is 0 Å². The van der Waals surface area contributed by atoms with Gasteiger partial charge in [-0.3, -0.25) is 0 Å². The number of carbonyl (C=O) groups is 1. The van der Waals surface area contributed by atoms with E-state index in [1.54, 1.807) is 6.08 Å². The van der Waals surface area contributed by atoms with E-state index in [9.17, 15) is 26.4 Å². The van der Waals surface area contributed by atoms with Crippen molar-refractivity contribution in [2.75, 3.05) is 6.61 Å². The quantitative estimate of drug-likeness (QED) is 0.117. The summed E-state index contributed by atoms with van der Waals surface area (Å²) in [7, 11) is -5.84. The fraction of sp³-hybridized carbons (Fsp3) is 0.611. The number of hydrogen-bond acceptors (Lipinski definition) is 5. The molecule has 0 saturated carbocycles. The summed E-state index contributed by atoms with van der Waals surface area (Å²) >= 11 is 0. The molecule has 0 fully saturated rings. The van der Waals surface area contributed by atoms with Crippen molar-refractivity contribution >= 4 is 16.1 Å². The van der Waals surface area contributed by atoms with Gasteiger partial charge >= 0.3 is 21.6 Å². The minimum Gasteiger partial charge on any atom is -0.463 e. The van der Waals surface area contributed by atoms with Gasteiger partial charge in [-0.25, -0.2) is 4.79 Å². The number of allylic oxidation sites excluding steroid dienone is 5. The van der Waals surface area contributed by atoms with Gasteiger partial charge in [0.25, 0.3) is 0 Å². The van der Waals surface area contributed by atoms with Crippen molar-refractivity contribution in [2.45, 2.75) is 65.3 Å². The minimum absolute atomic E-state index is 0.00165. The van der Waals surface area contributed by atoms with E-state index in [0.717, 1.165) is 24.8 Å². The zero-order valence-electron chi connectivity index (χ0n) is 16.1. The molecule has 0 heterocycles. The summed E-state index contributed by atoms with van der Waals surface area (Å²) in [4.78, 5) is 11.4. The molecule has 0 spiro atoms. The van der Waals surface area contributed by atoms with Crippen LogP contribution < -0.4 is 0 Å². The van der Waals surface area contributed by atoms with Crippen LogP contribution >= 0.6 is 0 Å². The number of carbonyl (C=O) groups excluding carboxylic acids is 1. The van der Waals surface area contributed by atoms with Gasteiger partial charge in [0.05, 0.1) is 12.7 Å². The fourth-order valence-electron chi connectivity index (χ4n) is 1.89. The summed E-state index contributed by atoms with van der Waals surface area (Å²) in [6.07, 6.45) is 7.14. The molecular weight excluding hydrogens is 385 g/mol. The van der Waals surface area contributed by atoms with Crippen molar-refractivity contribution < 1.29 is 35.3 Å². The molecule has 0 aliphatic carbocycles. The summed E-state index contributed by atoms with van der Waals surface area (Å²) < 4.78 is 68.5. The number of alkyl halides is 3. The van der Waals surface area contributed by atoms with Crippen molar-refractivity contribution in [1.29, 1.82) is 0 Å². The average molecular weight is 412 g/mol. The van der Waals surface area contributed by atoms with E-state index in [1.807, 2.05) is 13.8 Å². The first-order valence-electron chi connectivity index (χ1n) is 8.62. The Hall–Kier alpha value is -1.77. The Morgan fingerprint density at radius 1 is 1.00 bits per heavy atom. The van der Waals surface area contributed by atoms with E-state index in [2.05, 4.69) is 21.9 Å². The molecule has 0 rings (SSSR count). The summed E-state index contributed by atoms with van der Waals surface area (Å²) in [6, 6.07) is 0. The van der Waals surface area contributed by atoms with Gasteiger partial charge in [0.1, 0.15) is 5.76 Å². The molecule has 0 aliphatic rings. The number of esters is 1. The highest BCUT2D eigenvalue weighted by atomic mass is 32.2. The van der Waals surface area contributed by atoms with Gasteiger partial charge in [-0.2, -0.15) is 21.6 Å².